The summed E-state index contributed by atoms with van der Waals surface area (Å²) in [5, 5.41) is 0. The van der Waals surface area contributed by atoms with Crippen molar-refractivity contribution in [1.82, 2.24) is 4.90 Å². The van der Waals surface area contributed by atoms with Crippen LogP contribution >= 0.6 is 0 Å². The molecule has 0 N–H and O–H groups in total. The van der Waals surface area contributed by atoms with Crippen LogP contribution in [0.1, 0.15) is 18.9 Å². The number of cyclic esters (lactones) is 1. The van der Waals surface area contributed by atoms with E-state index in [1.165, 1.54) is 4.90 Å². The van der Waals surface area contributed by atoms with Gasteiger partial charge in [-0.05, 0) is 18.9 Å². The standard InChI is InChI=1S/C15H17NO3/c1-2-3-9-14(17)16-13(11-19-15(16)18)10-12-7-5-4-6-8-12/h2-8,13H,9-11H2,1H3/b3-2+/t13-/m1/s1. The molecule has 0 saturated carbocycles. The maximum Gasteiger partial charge on any atom is 0.416 e. The van der Waals surface area contributed by atoms with E-state index in [-0.39, 0.29) is 25.0 Å². The second kappa shape index (κ2) is 6.18. The third-order valence-electron chi connectivity index (χ3n) is 3.07. The highest BCUT2D eigenvalue weighted by atomic mass is 16.6. The number of benzene rings is 1. The van der Waals surface area contributed by atoms with Crippen molar-refractivity contribution in [2.75, 3.05) is 6.61 Å². The Morgan fingerprint density at radius 1 is 1.42 bits per heavy atom. The van der Waals surface area contributed by atoms with Gasteiger partial charge >= 0.3 is 6.09 Å². The molecule has 2 rings (SSSR count). The van der Waals surface area contributed by atoms with Crippen LogP contribution in [0.2, 0.25) is 0 Å². The van der Waals surface area contributed by atoms with Gasteiger partial charge in [0.1, 0.15) is 6.61 Å². The van der Waals surface area contributed by atoms with Crippen LogP contribution in [0.15, 0.2) is 42.5 Å². The maximum absolute atomic E-state index is 12.0. The molecule has 1 aliphatic heterocycles. The van der Waals surface area contributed by atoms with Gasteiger partial charge in [-0.2, -0.15) is 0 Å². The molecule has 2 amide bonds. The van der Waals surface area contributed by atoms with Crippen LogP contribution in [0.25, 0.3) is 0 Å². The Morgan fingerprint density at radius 2 is 2.16 bits per heavy atom. The number of hydrogen-bond donors (Lipinski definition) is 0. The lowest BCUT2D eigenvalue weighted by atomic mass is 10.1. The second-order valence-electron chi connectivity index (χ2n) is 4.46. The number of nitrogens with zero attached hydrogens (tertiary/aromatic N) is 1. The summed E-state index contributed by atoms with van der Waals surface area (Å²) in [5.74, 6) is -0.207. The van der Waals surface area contributed by atoms with E-state index in [2.05, 4.69) is 0 Å². The van der Waals surface area contributed by atoms with Crippen LogP contribution in [0.4, 0.5) is 4.79 Å². The van der Waals surface area contributed by atoms with E-state index in [4.69, 9.17) is 4.74 Å². The Morgan fingerprint density at radius 3 is 2.84 bits per heavy atom. The molecule has 1 aliphatic rings. The quantitative estimate of drug-likeness (QED) is 0.781. The van der Waals surface area contributed by atoms with E-state index >= 15 is 0 Å². The van der Waals surface area contributed by atoms with Gasteiger partial charge < -0.3 is 4.74 Å². The van der Waals surface area contributed by atoms with Crippen molar-refractivity contribution in [3.8, 4) is 0 Å². The Balaban J connectivity index is 2.07. The number of amides is 2. The molecular formula is C15H17NO3. The van der Waals surface area contributed by atoms with Crippen molar-refractivity contribution in [2.24, 2.45) is 0 Å². The highest BCUT2D eigenvalue weighted by Gasteiger charge is 2.37. The summed E-state index contributed by atoms with van der Waals surface area (Å²) in [6.07, 6.45) is 3.87. The smallest absolute Gasteiger partial charge is 0.416 e. The summed E-state index contributed by atoms with van der Waals surface area (Å²) < 4.78 is 4.99. The van der Waals surface area contributed by atoms with Crippen LogP contribution < -0.4 is 0 Å². The molecule has 1 fully saturated rings. The van der Waals surface area contributed by atoms with E-state index < -0.39 is 6.09 Å². The molecule has 1 aromatic carbocycles. The fourth-order valence-corrected chi connectivity index (χ4v) is 2.12. The van der Waals surface area contributed by atoms with Gasteiger partial charge in [0.15, 0.2) is 0 Å². The Labute approximate surface area is 112 Å². The summed E-state index contributed by atoms with van der Waals surface area (Å²) in [6.45, 7) is 2.12. The van der Waals surface area contributed by atoms with E-state index in [1.807, 2.05) is 37.3 Å². The first-order valence-corrected chi connectivity index (χ1v) is 6.36. The first-order valence-electron chi connectivity index (χ1n) is 6.36. The summed E-state index contributed by atoms with van der Waals surface area (Å²) in [5.41, 5.74) is 1.09. The highest BCUT2D eigenvalue weighted by Crippen LogP contribution is 2.18. The molecule has 0 bridgehead atoms. The van der Waals surface area contributed by atoms with Crippen LogP contribution in [-0.2, 0) is 16.0 Å². The highest BCUT2D eigenvalue weighted by molar-refractivity contribution is 5.94. The monoisotopic (exact) mass is 259 g/mol. The van der Waals surface area contributed by atoms with Gasteiger partial charge in [-0.1, -0.05) is 42.5 Å². The van der Waals surface area contributed by atoms with E-state index in [9.17, 15) is 9.59 Å². The largest absolute Gasteiger partial charge is 0.447 e. The maximum atomic E-state index is 12.0. The van der Waals surface area contributed by atoms with Crippen molar-refractivity contribution in [3.05, 3.63) is 48.0 Å². The number of hydrogen-bond acceptors (Lipinski definition) is 3. The summed E-state index contributed by atoms with van der Waals surface area (Å²) in [6, 6.07) is 9.59. The summed E-state index contributed by atoms with van der Waals surface area (Å²) in [7, 11) is 0. The molecule has 0 unspecified atom stereocenters. The molecule has 1 aromatic rings. The number of rotatable bonds is 4. The molecule has 1 saturated heterocycles. The van der Waals surface area contributed by atoms with Crippen LogP contribution in [0.3, 0.4) is 0 Å². The van der Waals surface area contributed by atoms with E-state index in [0.717, 1.165) is 5.56 Å². The zero-order valence-electron chi connectivity index (χ0n) is 10.9. The molecule has 0 aliphatic carbocycles. The van der Waals surface area contributed by atoms with Crippen molar-refractivity contribution < 1.29 is 14.3 Å². The average Bonchev–Trinajstić information content (AvgIpc) is 2.78. The minimum Gasteiger partial charge on any atom is -0.447 e. The van der Waals surface area contributed by atoms with Crippen molar-refractivity contribution in [2.45, 2.75) is 25.8 Å². The third-order valence-corrected chi connectivity index (χ3v) is 3.07. The van der Waals surface area contributed by atoms with Gasteiger partial charge in [0, 0.05) is 6.42 Å². The minimum atomic E-state index is -0.532. The van der Waals surface area contributed by atoms with E-state index in [1.54, 1.807) is 12.2 Å². The zero-order valence-corrected chi connectivity index (χ0v) is 10.9. The first-order chi connectivity index (χ1) is 9.22. The molecule has 0 spiro atoms. The van der Waals surface area contributed by atoms with Crippen molar-refractivity contribution in [1.29, 1.82) is 0 Å². The topological polar surface area (TPSA) is 46.6 Å². The minimum absolute atomic E-state index is 0.201. The molecule has 100 valence electrons. The number of ether oxygens (including phenoxy) is 1. The van der Waals surface area contributed by atoms with Gasteiger partial charge in [-0.3, -0.25) is 4.79 Å². The van der Waals surface area contributed by atoms with Crippen LogP contribution in [-0.4, -0.2) is 29.5 Å². The number of carbonyl (C=O) groups excluding carboxylic acids is 2. The molecule has 0 radical (unpaired) electrons. The van der Waals surface area contributed by atoms with Gasteiger partial charge in [-0.25, -0.2) is 9.69 Å². The Hall–Kier alpha value is -2.10. The van der Waals surface area contributed by atoms with Gasteiger partial charge in [0.2, 0.25) is 5.91 Å². The lowest BCUT2D eigenvalue weighted by molar-refractivity contribution is -0.128. The van der Waals surface area contributed by atoms with Crippen LogP contribution in [0.5, 0.6) is 0 Å². The Bertz CT molecular complexity index is 481. The van der Waals surface area contributed by atoms with Crippen LogP contribution in [0, 0.1) is 0 Å². The lowest BCUT2D eigenvalue weighted by Crippen LogP contribution is -2.39. The zero-order chi connectivity index (χ0) is 13.7. The predicted octanol–water partition coefficient (Wildman–Crippen LogP) is 2.54. The number of allylic oxidation sites excluding steroid dienone is 1. The lowest BCUT2D eigenvalue weighted by Gasteiger charge is -2.18. The van der Waals surface area contributed by atoms with Gasteiger partial charge in [0.25, 0.3) is 0 Å². The van der Waals surface area contributed by atoms with E-state index in [0.29, 0.717) is 6.42 Å². The summed E-state index contributed by atoms with van der Waals surface area (Å²) >= 11 is 0. The van der Waals surface area contributed by atoms with Crippen molar-refractivity contribution in [3.63, 3.8) is 0 Å². The van der Waals surface area contributed by atoms with Gasteiger partial charge in [-0.15, -0.1) is 0 Å². The predicted molar refractivity (Wildman–Crippen MR) is 71.6 cm³/mol. The first kappa shape index (κ1) is 13.3. The number of imide groups is 1. The third kappa shape index (κ3) is 3.22. The fourth-order valence-electron chi connectivity index (χ4n) is 2.12. The summed E-state index contributed by atoms with van der Waals surface area (Å²) in [4.78, 5) is 24.9. The fraction of sp³-hybridized carbons (Fsp3) is 0.333. The molecule has 4 nitrogen and oxygen atoms in total. The number of carbonyl (C=O) groups is 2. The molecule has 0 aromatic heterocycles. The van der Waals surface area contributed by atoms with Gasteiger partial charge in [0.05, 0.1) is 6.04 Å². The molecular weight excluding hydrogens is 242 g/mol. The normalized spacial score (nSPS) is 18.9. The molecule has 4 heteroatoms. The molecule has 1 atom stereocenters. The SMILES string of the molecule is C/C=C/CC(=O)N1C(=O)OC[C@H]1Cc1ccccc1. The second-order valence-corrected chi connectivity index (χ2v) is 4.46. The molecule has 1 heterocycles. The van der Waals surface area contributed by atoms with Crippen molar-refractivity contribution >= 4 is 12.0 Å². The average molecular weight is 259 g/mol. The molecule has 19 heavy (non-hydrogen) atoms. The Kier molecular flexibility index (Phi) is 4.34.